The number of sulfonamides is 1. The van der Waals surface area contributed by atoms with E-state index in [1.54, 1.807) is 44.2 Å². The van der Waals surface area contributed by atoms with Gasteiger partial charge in [0.05, 0.1) is 31.7 Å². The molecule has 1 amide bonds. The van der Waals surface area contributed by atoms with Gasteiger partial charge in [0.25, 0.3) is 5.91 Å². The first-order chi connectivity index (χ1) is 16.3. The van der Waals surface area contributed by atoms with Gasteiger partial charge in [-0.3, -0.25) is 4.79 Å². The predicted molar refractivity (Wildman–Crippen MR) is 131 cm³/mol. The van der Waals surface area contributed by atoms with E-state index in [4.69, 9.17) is 9.47 Å². The third-order valence-electron chi connectivity index (χ3n) is 5.33. The standard InChI is InChI=1S/C24H30N4O5S/c1-5-27(34(4,30)31)15-9-14-25-24(29)20-17-28(19-10-7-6-8-11-19)26-23(20)18-12-13-21(32-2)22(16-18)33-3/h6-8,10-13,16-17H,5,9,14-15H2,1-4H3,(H,25,29). The number of methoxy groups -OCH3 is 2. The second-order valence-corrected chi connectivity index (χ2v) is 9.59. The molecular weight excluding hydrogens is 456 g/mol. The number of ether oxygens (including phenoxy) is 2. The van der Waals surface area contributed by atoms with Crippen LogP contribution in [0.25, 0.3) is 16.9 Å². The quantitative estimate of drug-likeness (QED) is 0.418. The smallest absolute Gasteiger partial charge is 0.255 e. The number of benzene rings is 2. The number of nitrogens with zero attached hydrogens (tertiary/aromatic N) is 3. The van der Waals surface area contributed by atoms with E-state index < -0.39 is 10.0 Å². The first-order valence-electron chi connectivity index (χ1n) is 10.9. The zero-order valence-electron chi connectivity index (χ0n) is 19.8. The summed E-state index contributed by atoms with van der Waals surface area (Å²) in [5.74, 6) is 0.807. The molecule has 0 unspecified atom stereocenters. The number of carbonyl (C=O) groups excluding carboxylic acids is 1. The van der Waals surface area contributed by atoms with E-state index in [2.05, 4.69) is 10.4 Å². The Labute approximate surface area is 200 Å². The molecule has 0 saturated heterocycles. The van der Waals surface area contributed by atoms with E-state index in [0.717, 1.165) is 5.69 Å². The van der Waals surface area contributed by atoms with E-state index in [1.165, 1.54) is 10.6 Å². The highest BCUT2D eigenvalue weighted by atomic mass is 32.2. The van der Waals surface area contributed by atoms with Crippen LogP contribution in [0.4, 0.5) is 0 Å². The van der Waals surface area contributed by atoms with Crippen LogP contribution in [0.5, 0.6) is 11.5 Å². The Hall–Kier alpha value is -3.37. The minimum atomic E-state index is -3.27. The molecule has 0 aliphatic heterocycles. The maximum Gasteiger partial charge on any atom is 0.255 e. The lowest BCUT2D eigenvalue weighted by Gasteiger charge is -2.17. The summed E-state index contributed by atoms with van der Waals surface area (Å²) in [6.07, 6.45) is 3.36. The van der Waals surface area contributed by atoms with Gasteiger partial charge in [0, 0.05) is 31.4 Å². The lowest BCUT2D eigenvalue weighted by Crippen LogP contribution is -2.33. The van der Waals surface area contributed by atoms with Crippen LogP contribution in [0, 0.1) is 0 Å². The van der Waals surface area contributed by atoms with Gasteiger partial charge < -0.3 is 14.8 Å². The molecule has 10 heteroatoms. The van der Waals surface area contributed by atoms with Crippen molar-refractivity contribution < 1.29 is 22.7 Å². The minimum Gasteiger partial charge on any atom is -0.493 e. The Balaban J connectivity index is 1.87. The van der Waals surface area contributed by atoms with Gasteiger partial charge in [-0.25, -0.2) is 17.4 Å². The lowest BCUT2D eigenvalue weighted by atomic mass is 10.1. The van der Waals surface area contributed by atoms with Crippen LogP contribution in [0.1, 0.15) is 23.7 Å². The number of hydrogen-bond donors (Lipinski definition) is 1. The topological polar surface area (TPSA) is 103 Å². The number of rotatable bonds is 11. The molecule has 1 heterocycles. The highest BCUT2D eigenvalue weighted by molar-refractivity contribution is 7.88. The van der Waals surface area contributed by atoms with Crippen molar-refractivity contribution in [2.45, 2.75) is 13.3 Å². The molecule has 0 atom stereocenters. The van der Waals surface area contributed by atoms with Crippen molar-refractivity contribution in [3.05, 3.63) is 60.3 Å². The molecule has 0 aliphatic rings. The summed E-state index contributed by atoms with van der Waals surface area (Å²) in [7, 11) is -0.156. The number of aromatic nitrogens is 2. The van der Waals surface area contributed by atoms with Crippen LogP contribution in [0.15, 0.2) is 54.7 Å². The van der Waals surface area contributed by atoms with Crippen LogP contribution in [-0.4, -0.2) is 68.5 Å². The summed E-state index contributed by atoms with van der Waals surface area (Å²) in [5, 5.41) is 7.56. The molecule has 0 aliphatic carbocycles. The Morgan fingerprint density at radius 2 is 1.79 bits per heavy atom. The third-order valence-corrected chi connectivity index (χ3v) is 6.71. The van der Waals surface area contributed by atoms with Crippen molar-refractivity contribution in [3.8, 4) is 28.4 Å². The molecule has 1 N–H and O–H groups in total. The van der Waals surface area contributed by atoms with Gasteiger partial charge in [0.15, 0.2) is 11.5 Å². The lowest BCUT2D eigenvalue weighted by molar-refractivity contribution is 0.0953. The number of para-hydroxylation sites is 1. The number of hydrogen-bond acceptors (Lipinski definition) is 6. The monoisotopic (exact) mass is 486 g/mol. The molecule has 0 bridgehead atoms. The summed E-state index contributed by atoms with van der Waals surface area (Å²) in [6, 6.07) is 14.9. The second-order valence-electron chi connectivity index (χ2n) is 7.61. The molecule has 0 radical (unpaired) electrons. The zero-order chi connectivity index (χ0) is 24.7. The van der Waals surface area contributed by atoms with Crippen LogP contribution in [0.2, 0.25) is 0 Å². The molecule has 0 saturated carbocycles. The Kier molecular flexibility index (Phi) is 8.30. The Morgan fingerprint density at radius 3 is 2.41 bits per heavy atom. The summed E-state index contributed by atoms with van der Waals surface area (Å²) >= 11 is 0. The van der Waals surface area contributed by atoms with Crippen molar-refractivity contribution in [2.75, 3.05) is 40.1 Å². The fraction of sp³-hybridized carbons (Fsp3) is 0.333. The molecule has 182 valence electrons. The maximum atomic E-state index is 13.1. The second kappa shape index (κ2) is 11.2. The largest absolute Gasteiger partial charge is 0.493 e. The summed E-state index contributed by atoms with van der Waals surface area (Å²) < 4.78 is 37.3. The van der Waals surface area contributed by atoms with Gasteiger partial charge in [0.1, 0.15) is 5.69 Å². The zero-order valence-corrected chi connectivity index (χ0v) is 20.6. The molecular formula is C24H30N4O5S. The summed E-state index contributed by atoms with van der Waals surface area (Å²) in [5.41, 5.74) is 2.40. The van der Waals surface area contributed by atoms with Crippen molar-refractivity contribution >= 4 is 15.9 Å². The molecule has 3 rings (SSSR count). The minimum absolute atomic E-state index is 0.297. The third kappa shape index (κ3) is 5.95. The van der Waals surface area contributed by atoms with Crippen molar-refractivity contribution in [3.63, 3.8) is 0 Å². The van der Waals surface area contributed by atoms with Crippen LogP contribution in [0.3, 0.4) is 0 Å². The summed E-state index contributed by atoms with van der Waals surface area (Å²) in [6.45, 7) is 2.83. The first kappa shape index (κ1) is 25.3. The molecule has 34 heavy (non-hydrogen) atoms. The van der Waals surface area contributed by atoms with Gasteiger partial charge in [-0.1, -0.05) is 25.1 Å². The van der Waals surface area contributed by atoms with Gasteiger partial charge in [-0.2, -0.15) is 5.10 Å². The molecule has 2 aromatic carbocycles. The van der Waals surface area contributed by atoms with E-state index in [1.807, 2.05) is 36.4 Å². The van der Waals surface area contributed by atoms with Gasteiger partial charge in [-0.05, 0) is 36.8 Å². The van der Waals surface area contributed by atoms with E-state index in [0.29, 0.717) is 54.4 Å². The molecule has 0 spiro atoms. The van der Waals surface area contributed by atoms with Crippen LogP contribution in [-0.2, 0) is 10.0 Å². The fourth-order valence-corrected chi connectivity index (χ4v) is 4.49. The normalized spacial score (nSPS) is 11.4. The average molecular weight is 487 g/mol. The van der Waals surface area contributed by atoms with Gasteiger partial charge in [-0.15, -0.1) is 0 Å². The molecule has 9 nitrogen and oxygen atoms in total. The Morgan fingerprint density at radius 1 is 1.09 bits per heavy atom. The maximum absolute atomic E-state index is 13.1. The van der Waals surface area contributed by atoms with Gasteiger partial charge >= 0.3 is 0 Å². The fourth-order valence-electron chi connectivity index (χ4n) is 3.56. The molecule has 0 fully saturated rings. The first-order valence-corrected chi connectivity index (χ1v) is 12.7. The van der Waals surface area contributed by atoms with Crippen molar-refractivity contribution in [2.24, 2.45) is 0 Å². The van der Waals surface area contributed by atoms with Crippen LogP contribution < -0.4 is 14.8 Å². The van der Waals surface area contributed by atoms with Crippen molar-refractivity contribution in [1.82, 2.24) is 19.4 Å². The number of amides is 1. The highest BCUT2D eigenvalue weighted by Gasteiger charge is 2.20. The SMILES string of the molecule is CCN(CCCNC(=O)c1cn(-c2ccccc2)nc1-c1ccc(OC)c(OC)c1)S(C)(=O)=O. The average Bonchev–Trinajstić information content (AvgIpc) is 3.29. The van der Waals surface area contributed by atoms with E-state index in [9.17, 15) is 13.2 Å². The summed E-state index contributed by atoms with van der Waals surface area (Å²) in [4.78, 5) is 13.1. The molecule has 1 aromatic heterocycles. The highest BCUT2D eigenvalue weighted by Crippen LogP contribution is 2.33. The predicted octanol–water partition coefficient (Wildman–Crippen LogP) is 2.96. The Bertz CT molecular complexity index is 1230. The van der Waals surface area contributed by atoms with Crippen molar-refractivity contribution in [1.29, 1.82) is 0 Å². The number of nitrogens with one attached hydrogen (secondary N) is 1. The van der Waals surface area contributed by atoms with Crippen LogP contribution >= 0.6 is 0 Å². The van der Waals surface area contributed by atoms with E-state index >= 15 is 0 Å². The molecule has 3 aromatic rings. The number of carbonyl (C=O) groups is 1. The van der Waals surface area contributed by atoms with Gasteiger partial charge in [0.2, 0.25) is 10.0 Å². The van der Waals surface area contributed by atoms with E-state index in [-0.39, 0.29) is 5.91 Å².